The van der Waals surface area contributed by atoms with Crippen molar-refractivity contribution in [3.05, 3.63) is 22.4 Å². The summed E-state index contributed by atoms with van der Waals surface area (Å²) in [7, 11) is 0. The van der Waals surface area contributed by atoms with E-state index in [4.69, 9.17) is 0 Å². The van der Waals surface area contributed by atoms with Crippen LogP contribution in [0.3, 0.4) is 0 Å². The van der Waals surface area contributed by atoms with Crippen LogP contribution in [-0.4, -0.2) is 59.5 Å². The van der Waals surface area contributed by atoms with Crippen molar-refractivity contribution in [2.75, 3.05) is 32.7 Å². The Labute approximate surface area is 148 Å². The molecule has 6 heteroatoms. The Kier molecular flexibility index (Phi) is 7.24. The average Bonchev–Trinajstić information content (AvgIpc) is 3.10. The molecule has 2 atom stereocenters. The van der Waals surface area contributed by atoms with Crippen LogP contribution in [0.4, 0.5) is 0 Å². The molecule has 134 valence electrons. The zero-order chi connectivity index (χ0) is 17.5. The van der Waals surface area contributed by atoms with E-state index in [-0.39, 0.29) is 24.2 Å². The van der Waals surface area contributed by atoms with Gasteiger partial charge in [-0.2, -0.15) is 0 Å². The molecule has 1 amide bonds. The predicted octanol–water partition coefficient (Wildman–Crippen LogP) is 3.03. The van der Waals surface area contributed by atoms with E-state index in [9.17, 15) is 14.7 Å². The monoisotopic (exact) mass is 352 g/mol. The summed E-state index contributed by atoms with van der Waals surface area (Å²) in [5.41, 5.74) is 0. The SMILES string of the molecule is CCN(CC)CCC1CN(C(=O)c2cccs2)CCC1CC(=O)O. The summed E-state index contributed by atoms with van der Waals surface area (Å²) in [6, 6.07) is 3.76. The van der Waals surface area contributed by atoms with E-state index in [1.165, 1.54) is 11.3 Å². The Bertz CT molecular complexity index is 528. The first kappa shape index (κ1) is 18.9. The van der Waals surface area contributed by atoms with Crippen molar-refractivity contribution < 1.29 is 14.7 Å². The van der Waals surface area contributed by atoms with E-state index in [0.29, 0.717) is 13.1 Å². The fourth-order valence-corrected chi connectivity index (χ4v) is 4.22. The Hall–Kier alpha value is -1.40. The van der Waals surface area contributed by atoms with Gasteiger partial charge in [-0.05, 0) is 55.8 Å². The maximum Gasteiger partial charge on any atom is 0.303 e. The number of rotatable bonds is 8. The van der Waals surface area contributed by atoms with E-state index in [2.05, 4.69) is 18.7 Å². The minimum atomic E-state index is -0.731. The number of carbonyl (C=O) groups excluding carboxylic acids is 1. The summed E-state index contributed by atoms with van der Waals surface area (Å²) >= 11 is 1.47. The third-order valence-corrected chi connectivity index (χ3v) is 5.92. The van der Waals surface area contributed by atoms with Gasteiger partial charge in [-0.15, -0.1) is 11.3 Å². The summed E-state index contributed by atoms with van der Waals surface area (Å²) in [6.45, 7) is 8.61. The molecule has 2 unspecified atom stereocenters. The van der Waals surface area contributed by atoms with E-state index < -0.39 is 5.97 Å². The molecule has 5 nitrogen and oxygen atoms in total. The number of piperidine rings is 1. The lowest BCUT2D eigenvalue weighted by atomic mass is 9.81. The minimum absolute atomic E-state index is 0.0895. The van der Waals surface area contributed by atoms with Gasteiger partial charge in [0.1, 0.15) is 0 Å². The highest BCUT2D eigenvalue weighted by Crippen LogP contribution is 2.30. The second-order valence-electron chi connectivity index (χ2n) is 6.45. The molecular weight excluding hydrogens is 324 g/mol. The molecule has 0 aliphatic carbocycles. The lowest BCUT2D eigenvalue weighted by molar-refractivity contribution is -0.139. The summed E-state index contributed by atoms with van der Waals surface area (Å²) in [5, 5.41) is 11.1. The zero-order valence-electron chi connectivity index (χ0n) is 14.6. The van der Waals surface area contributed by atoms with Crippen molar-refractivity contribution in [2.24, 2.45) is 11.8 Å². The Morgan fingerprint density at radius 3 is 2.67 bits per heavy atom. The second kappa shape index (κ2) is 9.18. The minimum Gasteiger partial charge on any atom is -0.481 e. The number of carboxylic acid groups (broad SMARTS) is 1. The summed E-state index contributed by atoms with van der Waals surface area (Å²) in [5.74, 6) is -0.206. The van der Waals surface area contributed by atoms with Gasteiger partial charge in [0, 0.05) is 19.5 Å². The van der Waals surface area contributed by atoms with Gasteiger partial charge in [0.25, 0.3) is 5.91 Å². The van der Waals surface area contributed by atoms with Gasteiger partial charge >= 0.3 is 5.97 Å². The van der Waals surface area contributed by atoms with Crippen molar-refractivity contribution in [3.8, 4) is 0 Å². The summed E-state index contributed by atoms with van der Waals surface area (Å²) in [4.78, 5) is 28.8. The number of likely N-dealkylation sites (tertiary alicyclic amines) is 1. The molecule has 0 saturated carbocycles. The maximum absolute atomic E-state index is 12.6. The second-order valence-corrected chi connectivity index (χ2v) is 7.40. The van der Waals surface area contributed by atoms with Crippen LogP contribution in [0.25, 0.3) is 0 Å². The lowest BCUT2D eigenvalue weighted by Crippen LogP contribution is -2.45. The average molecular weight is 353 g/mol. The van der Waals surface area contributed by atoms with Crippen molar-refractivity contribution in [1.82, 2.24) is 9.80 Å². The normalized spacial score (nSPS) is 21.2. The van der Waals surface area contributed by atoms with Gasteiger partial charge in [-0.1, -0.05) is 19.9 Å². The third kappa shape index (κ3) is 5.05. The van der Waals surface area contributed by atoms with Crippen LogP contribution in [0, 0.1) is 11.8 Å². The molecule has 0 radical (unpaired) electrons. The molecule has 0 aromatic carbocycles. The zero-order valence-corrected chi connectivity index (χ0v) is 15.4. The molecule has 1 saturated heterocycles. The van der Waals surface area contributed by atoms with Crippen LogP contribution in [0.15, 0.2) is 17.5 Å². The number of carbonyl (C=O) groups is 2. The molecule has 1 fully saturated rings. The molecule has 1 aliphatic rings. The number of hydrogen-bond donors (Lipinski definition) is 1. The largest absolute Gasteiger partial charge is 0.481 e. The predicted molar refractivity (Wildman–Crippen MR) is 96.5 cm³/mol. The smallest absolute Gasteiger partial charge is 0.303 e. The van der Waals surface area contributed by atoms with Gasteiger partial charge in [-0.25, -0.2) is 0 Å². The topological polar surface area (TPSA) is 60.9 Å². The standard InChI is InChI=1S/C18H28N2O3S/c1-3-19(4-2)9-7-15-13-20(10-8-14(15)12-17(21)22)18(23)16-6-5-11-24-16/h5-6,11,14-15H,3-4,7-10,12-13H2,1-2H3,(H,21,22). The van der Waals surface area contributed by atoms with Gasteiger partial charge in [0.05, 0.1) is 4.88 Å². The van der Waals surface area contributed by atoms with Crippen molar-refractivity contribution in [3.63, 3.8) is 0 Å². The molecule has 1 aromatic rings. The van der Waals surface area contributed by atoms with Gasteiger partial charge in [-0.3, -0.25) is 9.59 Å². The van der Waals surface area contributed by atoms with Crippen LogP contribution in [-0.2, 0) is 4.79 Å². The first-order valence-electron chi connectivity index (χ1n) is 8.82. The molecule has 24 heavy (non-hydrogen) atoms. The van der Waals surface area contributed by atoms with E-state index >= 15 is 0 Å². The Balaban J connectivity index is 2.01. The number of thiophene rings is 1. The molecule has 1 aromatic heterocycles. The highest BCUT2D eigenvalue weighted by atomic mass is 32.1. The molecule has 2 rings (SSSR count). The quantitative estimate of drug-likeness (QED) is 0.781. The van der Waals surface area contributed by atoms with Crippen LogP contribution < -0.4 is 0 Å². The van der Waals surface area contributed by atoms with Gasteiger partial charge < -0.3 is 14.9 Å². The summed E-state index contributed by atoms with van der Waals surface area (Å²) < 4.78 is 0. The molecule has 0 bridgehead atoms. The van der Waals surface area contributed by atoms with Gasteiger partial charge in [0.15, 0.2) is 0 Å². The van der Waals surface area contributed by atoms with Crippen LogP contribution >= 0.6 is 11.3 Å². The fourth-order valence-electron chi connectivity index (χ4n) is 3.53. The number of amides is 1. The van der Waals surface area contributed by atoms with Crippen LogP contribution in [0.2, 0.25) is 0 Å². The van der Waals surface area contributed by atoms with Crippen LogP contribution in [0.5, 0.6) is 0 Å². The summed E-state index contributed by atoms with van der Waals surface area (Å²) in [6.07, 6.45) is 1.95. The van der Waals surface area contributed by atoms with E-state index in [0.717, 1.165) is 37.4 Å². The Morgan fingerprint density at radius 1 is 1.33 bits per heavy atom. The fraction of sp³-hybridized carbons (Fsp3) is 0.667. The number of hydrogen-bond acceptors (Lipinski definition) is 4. The highest BCUT2D eigenvalue weighted by molar-refractivity contribution is 7.12. The number of nitrogens with zero attached hydrogens (tertiary/aromatic N) is 2. The molecule has 1 aliphatic heterocycles. The van der Waals surface area contributed by atoms with Crippen molar-refractivity contribution in [2.45, 2.75) is 33.1 Å². The third-order valence-electron chi connectivity index (χ3n) is 5.06. The molecule has 1 N–H and O–H groups in total. The van der Waals surface area contributed by atoms with Crippen molar-refractivity contribution in [1.29, 1.82) is 0 Å². The number of aliphatic carboxylic acids is 1. The molecule has 2 heterocycles. The van der Waals surface area contributed by atoms with Crippen molar-refractivity contribution >= 4 is 23.2 Å². The molecule has 0 spiro atoms. The van der Waals surface area contributed by atoms with Gasteiger partial charge in [0.2, 0.25) is 0 Å². The Morgan fingerprint density at radius 2 is 2.08 bits per heavy atom. The first-order chi connectivity index (χ1) is 11.5. The van der Waals surface area contributed by atoms with Crippen LogP contribution in [0.1, 0.15) is 42.8 Å². The number of carboxylic acids is 1. The first-order valence-corrected chi connectivity index (χ1v) is 9.70. The molecular formula is C18H28N2O3S. The lowest BCUT2D eigenvalue weighted by Gasteiger charge is -2.38. The maximum atomic E-state index is 12.6. The van der Waals surface area contributed by atoms with E-state index in [1.54, 1.807) is 0 Å². The van der Waals surface area contributed by atoms with E-state index in [1.807, 2.05) is 22.4 Å². The highest BCUT2D eigenvalue weighted by Gasteiger charge is 2.33.